The van der Waals surface area contributed by atoms with E-state index in [0.717, 1.165) is 12.2 Å². The number of carbonyl (C=O) groups is 1. The van der Waals surface area contributed by atoms with Crippen LogP contribution in [0.5, 0.6) is 0 Å². The van der Waals surface area contributed by atoms with Crippen molar-refractivity contribution in [1.82, 2.24) is 10.3 Å². The zero-order chi connectivity index (χ0) is 12.7. The Hall–Kier alpha value is -1.42. The van der Waals surface area contributed by atoms with Gasteiger partial charge in [-0.3, -0.25) is 4.98 Å². The van der Waals surface area contributed by atoms with Gasteiger partial charge in [0.25, 0.3) is 0 Å². The Bertz CT molecular complexity index is 345. The summed E-state index contributed by atoms with van der Waals surface area (Å²) < 4.78 is 0. The van der Waals surface area contributed by atoms with Crippen molar-refractivity contribution in [3.63, 3.8) is 0 Å². The number of nitrogens with zero attached hydrogens (tertiary/aromatic N) is 1. The minimum absolute atomic E-state index is 0.230. The number of aromatic nitrogens is 1. The molecule has 2 N–H and O–H groups in total. The van der Waals surface area contributed by atoms with Gasteiger partial charge >= 0.3 is 5.97 Å². The van der Waals surface area contributed by atoms with Gasteiger partial charge in [0.15, 0.2) is 0 Å². The van der Waals surface area contributed by atoms with E-state index in [1.165, 1.54) is 19.0 Å². The van der Waals surface area contributed by atoms with Gasteiger partial charge in [-0.2, -0.15) is 0 Å². The molecule has 0 fully saturated rings. The Labute approximate surface area is 102 Å². The predicted octanol–water partition coefficient (Wildman–Crippen LogP) is 2.31. The van der Waals surface area contributed by atoms with Gasteiger partial charge in [0.1, 0.15) is 0 Å². The van der Waals surface area contributed by atoms with Gasteiger partial charge in [0.05, 0.1) is 11.3 Å². The maximum Gasteiger partial charge on any atom is 0.337 e. The van der Waals surface area contributed by atoms with Gasteiger partial charge in [-0.1, -0.05) is 26.7 Å². The summed E-state index contributed by atoms with van der Waals surface area (Å²) in [7, 11) is 0. The first kappa shape index (κ1) is 13.6. The molecule has 0 aliphatic heterocycles. The van der Waals surface area contributed by atoms with Gasteiger partial charge in [0.2, 0.25) is 0 Å². The van der Waals surface area contributed by atoms with Gasteiger partial charge in [-0.15, -0.1) is 0 Å². The van der Waals surface area contributed by atoms with Crippen LogP contribution in [0, 0.1) is 5.92 Å². The summed E-state index contributed by atoms with van der Waals surface area (Å²) in [5.41, 5.74) is 1.11. The number of pyridine rings is 1. The molecule has 1 rings (SSSR count). The lowest BCUT2D eigenvalue weighted by atomic mass is 10.0. The van der Waals surface area contributed by atoms with Crippen LogP contribution in [-0.4, -0.2) is 22.6 Å². The van der Waals surface area contributed by atoms with Crippen molar-refractivity contribution >= 4 is 5.97 Å². The molecule has 0 aliphatic carbocycles. The summed E-state index contributed by atoms with van der Waals surface area (Å²) >= 11 is 0. The van der Waals surface area contributed by atoms with Crippen molar-refractivity contribution in [2.24, 2.45) is 5.92 Å². The lowest BCUT2D eigenvalue weighted by Crippen LogP contribution is -2.22. The molecule has 0 spiro atoms. The van der Waals surface area contributed by atoms with Crippen molar-refractivity contribution in [3.05, 3.63) is 29.6 Å². The Morgan fingerprint density at radius 3 is 2.59 bits per heavy atom. The SMILES string of the molecule is CCC(CC)CNCc1ccc(C(=O)O)cn1. The lowest BCUT2D eigenvalue weighted by molar-refractivity contribution is 0.0696. The van der Waals surface area contributed by atoms with Gasteiger partial charge in [-0.05, 0) is 24.6 Å². The van der Waals surface area contributed by atoms with E-state index in [9.17, 15) is 4.79 Å². The molecule has 4 nitrogen and oxygen atoms in total. The van der Waals surface area contributed by atoms with E-state index in [0.29, 0.717) is 12.5 Å². The lowest BCUT2D eigenvalue weighted by Gasteiger charge is -2.12. The average Bonchev–Trinajstić information content (AvgIpc) is 2.35. The second-order valence-corrected chi connectivity index (χ2v) is 4.16. The van der Waals surface area contributed by atoms with Crippen LogP contribution in [0.2, 0.25) is 0 Å². The second kappa shape index (κ2) is 7.01. The molecule has 17 heavy (non-hydrogen) atoms. The number of hydrogen-bond donors (Lipinski definition) is 2. The normalized spacial score (nSPS) is 10.8. The molecular formula is C13H20N2O2. The summed E-state index contributed by atoms with van der Waals surface area (Å²) in [5, 5.41) is 12.1. The molecule has 0 saturated heterocycles. The summed E-state index contributed by atoms with van der Waals surface area (Å²) in [6.45, 7) is 6.05. The van der Waals surface area contributed by atoms with Crippen LogP contribution in [-0.2, 0) is 6.54 Å². The number of carboxylic acid groups (broad SMARTS) is 1. The fourth-order valence-corrected chi connectivity index (χ4v) is 1.64. The van der Waals surface area contributed by atoms with E-state index in [1.54, 1.807) is 12.1 Å². The number of carboxylic acids is 1. The molecule has 94 valence electrons. The molecule has 1 aromatic heterocycles. The molecule has 0 aliphatic rings. The van der Waals surface area contributed by atoms with Gasteiger partial charge < -0.3 is 10.4 Å². The molecule has 0 atom stereocenters. The first-order valence-corrected chi connectivity index (χ1v) is 6.06. The molecule has 0 unspecified atom stereocenters. The minimum Gasteiger partial charge on any atom is -0.478 e. The Morgan fingerprint density at radius 1 is 1.41 bits per heavy atom. The Balaban J connectivity index is 2.39. The average molecular weight is 236 g/mol. The van der Waals surface area contributed by atoms with E-state index in [1.807, 2.05) is 0 Å². The number of rotatable bonds is 7. The van der Waals surface area contributed by atoms with Gasteiger partial charge in [0, 0.05) is 12.7 Å². The van der Waals surface area contributed by atoms with E-state index < -0.39 is 5.97 Å². The Morgan fingerprint density at radius 2 is 2.12 bits per heavy atom. The fourth-order valence-electron chi connectivity index (χ4n) is 1.64. The highest BCUT2D eigenvalue weighted by molar-refractivity contribution is 5.87. The van der Waals surface area contributed by atoms with Crippen LogP contribution in [0.15, 0.2) is 18.3 Å². The van der Waals surface area contributed by atoms with Crippen molar-refractivity contribution in [2.75, 3.05) is 6.54 Å². The third-order valence-electron chi connectivity index (χ3n) is 2.97. The van der Waals surface area contributed by atoms with Crippen LogP contribution >= 0.6 is 0 Å². The van der Waals surface area contributed by atoms with Crippen LogP contribution in [0.4, 0.5) is 0 Å². The topological polar surface area (TPSA) is 62.2 Å². The third-order valence-corrected chi connectivity index (χ3v) is 2.97. The quantitative estimate of drug-likeness (QED) is 0.762. The molecule has 4 heteroatoms. The zero-order valence-electron chi connectivity index (χ0n) is 10.4. The number of hydrogen-bond acceptors (Lipinski definition) is 3. The van der Waals surface area contributed by atoms with E-state index >= 15 is 0 Å². The number of nitrogens with one attached hydrogen (secondary N) is 1. The monoisotopic (exact) mass is 236 g/mol. The highest BCUT2D eigenvalue weighted by Crippen LogP contribution is 2.06. The summed E-state index contributed by atoms with van der Waals surface area (Å²) in [5.74, 6) is -0.234. The molecular weight excluding hydrogens is 216 g/mol. The predicted molar refractivity (Wildman–Crippen MR) is 67.0 cm³/mol. The van der Waals surface area contributed by atoms with E-state index in [-0.39, 0.29) is 5.56 Å². The summed E-state index contributed by atoms with van der Waals surface area (Å²) in [4.78, 5) is 14.7. The smallest absolute Gasteiger partial charge is 0.337 e. The summed E-state index contributed by atoms with van der Waals surface area (Å²) in [6, 6.07) is 3.34. The van der Waals surface area contributed by atoms with Crippen LogP contribution in [0.25, 0.3) is 0 Å². The van der Waals surface area contributed by atoms with E-state index in [2.05, 4.69) is 24.1 Å². The molecule has 0 amide bonds. The molecule has 0 aromatic carbocycles. The molecule has 1 aromatic rings. The second-order valence-electron chi connectivity index (χ2n) is 4.16. The van der Waals surface area contributed by atoms with Crippen molar-refractivity contribution in [1.29, 1.82) is 0 Å². The highest BCUT2D eigenvalue weighted by Gasteiger charge is 2.04. The standard InChI is InChI=1S/C13H20N2O2/c1-3-10(4-2)7-14-9-12-6-5-11(8-15-12)13(16)17/h5-6,8,10,14H,3-4,7,9H2,1-2H3,(H,16,17). The van der Waals surface area contributed by atoms with Gasteiger partial charge in [-0.25, -0.2) is 4.79 Å². The van der Waals surface area contributed by atoms with Crippen LogP contribution in [0.3, 0.4) is 0 Å². The van der Waals surface area contributed by atoms with E-state index in [4.69, 9.17) is 5.11 Å². The number of aromatic carboxylic acids is 1. The first-order valence-electron chi connectivity index (χ1n) is 6.06. The third kappa shape index (κ3) is 4.53. The maximum absolute atomic E-state index is 10.6. The molecule has 0 bridgehead atoms. The molecule has 0 radical (unpaired) electrons. The van der Waals surface area contributed by atoms with Crippen molar-refractivity contribution in [2.45, 2.75) is 33.2 Å². The molecule has 0 saturated carbocycles. The Kier molecular flexibility index (Phi) is 5.63. The fraction of sp³-hybridized carbons (Fsp3) is 0.538. The zero-order valence-corrected chi connectivity index (χ0v) is 10.4. The molecule has 1 heterocycles. The van der Waals surface area contributed by atoms with Crippen molar-refractivity contribution < 1.29 is 9.90 Å². The van der Waals surface area contributed by atoms with Crippen LogP contribution in [0.1, 0.15) is 42.7 Å². The minimum atomic E-state index is -0.936. The maximum atomic E-state index is 10.6. The summed E-state index contributed by atoms with van der Waals surface area (Å²) in [6.07, 6.45) is 3.75. The van der Waals surface area contributed by atoms with Crippen molar-refractivity contribution in [3.8, 4) is 0 Å². The van der Waals surface area contributed by atoms with Crippen LogP contribution < -0.4 is 5.32 Å². The highest BCUT2D eigenvalue weighted by atomic mass is 16.4. The largest absolute Gasteiger partial charge is 0.478 e. The first-order chi connectivity index (χ1) is 8.17.